The van der Waals surface area contributed by atoms with Gasteiger partial charge in [-0.3, -0.25) is 9.59 Å². The first-order chi connectivity index (χ1) is 9.56. The topological polar surface area (TPSA) is 46.2 Å². The first-order valence-corrected chi connectivity index (χ1v) is 8.08. The van der Waals surface area contributed by atoms with Gasteiger partial charge in [0.15, 0.2) is 5.78 Å². The molecule has 1 amide bonds. The molecule has 0 atom stereocenters. The van der Waals surface area contributed by atoms with E-state index in [9.17, 15) is 9.59 Å². The standard InChI is InChI=1S/C16H21NO2S/c1-11(2)9-17-15(18)10-20-14-7-5-13(6-8-14)16(19)12-3-4-12/h5-8,11-12H,3-4,9-10H2,1-2H3,(H,17,18). The van der Waals surface area contributed by atoms with Crippen LogP contribution in [0.2, 0.25) is 0 Å². The Bertz CT molecular complexity index is 478. The molecule has 20 heavy (non-hydrogen) atoms. The lowest BCUT2D eigenvalue weighted by atomic mass is 10.1. The maximum Gasteiger partial charge on any atom is 0.230 e. The van der Waals surface area contributed by atoms with E-state index < -0.39 is 0 Å². The highest BCUT2D eigenvalue weighted by molar-refractivity contribution is 8.00. The lowest BCUT2D eigenvalue weighted by Gasteiger charge is -2.07. The van der Waals surface area contributed by atoms with Crippen LogP contribution in [0.3, 0.4) is 0 Å². The summed E-state index contributed by atoms with van der Waals surface area (Å²) in [5.41, 5.74) is 0.793. The molecule has 4 heteroatoms. The third-order valence-corrected chi connectivity index (χ3v) is 4.18. The van der Waals surface area contributed by atoms with Gasteiger partial charge < -0.3 is 5.32 Å². The molecule has 0 heterocycles. The van der Waals surface area contributed by atoms with Gasteiger partial charge in [-0.2, -0.15) is 0 Å². The van der Waals surface area contributed by atoms with Crippen LogP contribution in [0.15, 0.2) is 29.2 Å². The van der Waals surface area contributed by atoms with Crippen LogP contribution in [0.5, 0.6) is 0 Å². The first-order valence-electron chi connectivity index (χ1n) is 7.10. The van der Waals surface area contributed by atoms with E-state index in [2.05, 4.69) is 19.2 Å². The Balaban J connectivity index is 1.78. The van der Waals surface area contributed by atoms with Crippen LogP contribution in [0, 0.1) is 11.8 Å². The predicted octanol–water partition coefficient (Wildman–Crippen LogP) is 3.14. The average Bonchev–Trinajstić information content (AvgIpc) is 3.27. The molecule has 0 spiro atoms. The Morgan fingerprint density at radius 1 is 1.25 bits per heavy atom. The number of thioether (sulfide) groups is 1. The molecule has 0 aliphatic heterocycles. The van der Waals surface area contributed by atoms with Crippen molar-refractivity contribution in [2.24, 2.45) is 11.8 Å². The molecule has 1 aliphatic rings. The lowest BCUT2D eigenvalue weighted by Crippen LogP contribution is -2.28. The Morgan fingerprint density at radius 2 is 1.90 bits per heavy atom. The lowest BCUT2D eigenvalue weighted by molar-refractivity contribution is -0.118. The zero-order valence-electron chi connectivity index (χ0n) is 12.0. The second-order valence-corrected chi connectivity index (χ2v) is 6.70. The summed E-state index contributed by atoms with van der Waals surface area (Å²) in [6, 6.07) is 7.59. The second kappa shape index (κ2) is 6.93. The number of carbonyl (C=O) groups is 2. The number of hydrogen-bond donors (Lipinski definition) is 1. The third-order valence-electron chi connectivity index (χ3n) is 3.16. The first kappa shape index (κ1) is 15.1. The number of hydrogen-bond acceptors (Lipinski definition) is 3. The van der Waals surface area contributed by atoms with Crippen molar-refractivity contribution >= 4 is 23.5 Å². The fourth-order valence-corrected chi connectivity index (χ4v) is 2.54. The zero-order chi connectivity index (χ0) is 14.5. The van der Waals surface area contributed by atoms with Crippen LogP contribution in [-0.4, -0.2) is 24.0 Å². The molecule has 0 unspecified atom stereocenters. The van der Waals surface area contributed by atoms with Gasteiger partial charge in [-0.05, 0) is 30.9 Å². The fraction of sp³-hybridized carbons (Fsp3) is 0.500. The van der Waals surface area contributed by atoms with Crippen LogP contribution >= 0.6 is 11.8 Å². The molecule has 1 saturated carbocycles. The highest BCUT2D eigenvalue weighted by atomic mass is 32.2. The highest BCUT2D eigenvalue weighted by Gasteiger charge is 2.30. The van der Waals surface area contributed by atoms with Gasteiger partial charge in [0, 0.05) is 22.9 Å². The molecule has 0 saturated heterocycles. The molecule has 1 N–H and O–H groups in total. The zero-order valence-corrected chi connectivity index (χ0v) is 12.8. The number of benzene rings is 1. The van der Waals surface area contributed by atoms with E-state index >= 15 is 0 Å². The van der Waals surface area contributed by atoms with Gasteiger partial charge in [-0.25, -0.2) is 0 Å². The van der Waals surface area contributed by atoms with E-state index in [-0.39, 0.29) is 17.6 Å². The number of amides is 1. The van der Waals surface area contributed by atoms with Gasteiger partial charge in [0.05, 0.1) is 5.75 Å². The Labute approximate surface area is 124 Å². The Kier molecular flexibility index (Phi) is 5.24. The summed E-state index contributed by atoms with van der Waals surface area (Å²) < 4.78 is 0. The van der Waals surface area contributed by atoms with Crippen molar-refractivity contribution in [3.8, 4) is 0 Å². The maximum atomic E-state index is 11.9. The molecular weight excluding hydrogens is 270 g/mol. The Morgan fingerprint density at radius 3 is 2.45 bits per heavy atom. The van der Waals surface area contributed by atoms with Gasteiger partial charge in [-0.15, -0.1) is 11.8 Å². The minimum atomic E-state index is 0.0573. The van der Waals surface area contributed by atoms with Crippen molar-refractivity contribution in [1.29, 1.82) is 0 Å². The number of rotatable bonds is 7. The van der Waals surface area contributed by atoms with E-state index in [0.29, 0.717) is 18.2 Å². The summed E-state index contributed by atoms with van der Waals surface area (Å²) >= 11 is 1.50. The van der Waals surface area contributed by atoms with Gasteiger partial charge in [0.1, 0.15) is 0 Å². The molecule has 108 valence electrons. The smallest absolute Gasteiger partial charge is 0.230 e. The van der Waals surface area contributed by atoms with Crippen molar-refractivity contribution in [1.82, 2.24) is 5.32 Å². The summed E-state index contributed by atoms with van der Waals surface area (Å²) in [4.78, 5) is 24.5. The SMILES string of the molecule is CC(C)CNC(=O)CSc1ccc(C(=O)C2CC2)cc1. The van der Waals surface area contributed by atoms with Crippen molar-refractivity contribution in [2.75, 3.05) is 12.3 Å². The van der Waals surface area contributed by atoms with E-state index in [1.165, 1.54) is 11.8 Å². The summed E-state index contributed by atoms with van der Waals surface area (Å²) in [7, 11) is 0. The van der Waals surface area contributed by atoms with Crippen molar-refractivity contribution in [2.45, 2.75) is 31.6 Å². The number of carbonyl (C=O) groups excluding carboxylic acids is 2. The highest BCUT2D eigenvalue weighted by Crippen LogP contribution is 2.33. The van der Waals surface area contributed by atoms with Crippen LogP contribution < -0.4 is 5.32 Å². The van der Waals surface area contributed by atoms with E-state index in [4.69, 9.17) is 0 Å². The minimum absolute atomic E-state index is 0.0573. The molecule has 0 radical (unpaired) electrons. The van der Waals surface area contributed by atoms with Crippen LogP contribution in [0.1, 0.15) is 37.0 Å². The molecule has 0 bridgehead atoms. The third kappa shape index (κ3) is 4.67. The normalized spacial score (nSPS) is 14.3. The molecule has 3 nitrogen and oxygen atoms in total. The average molecular weight is 291 g/mol. The summed E-state index contributed by atoms with van der Waals surface area (Å²) in [6.07, 6.45) is 2.07. The number of nitrogens with one attached hydrogen (secondary N) is 1. The van der Waals surface area contributed by atoms with E-state index in [1.807, 2.05) is 24.3 Å². The quantitative estimate of drug-likeness (QED) is 0.620. The van der Waals surface area contributed by atoms with Gasteiger partial charge >= 0.3 is 0 Å². The molecule has 1 fully saturated rings. The van der Waals surface area contributed by atoms with E-state index in [0.717, 1.165) is 23.3 Å². The number of ketones is 1. The predicted molar refractivity (Wildman–Crippen MR) is 82.1 cm³/mol. The molecule has 1 aliphatic carbocycles. The maximum absolute atomic E-state index is 11.9. The van der Waals surface area contributed by atoms with Crippen molar-refractivity contribution in [3.63, 3.8) is 0 Å². The molecule has 2 rings (SSSR count). The van der Waals surface area contributed by atoms with Gasteiger partial charge in [0.2, 0.25) is 5.91 Å². The largest absolute Gasteiger partial charge is 0.355 e. The minimum Gasteiger partial charge on any atom is -0.355 e. The van der Waals surface area contributed by atoms with Crippen LogP contribution in [-0.2, 0) is 4.79 Å². The van der Waals surface area contributed by atoms with Crippen LogP contribution in [0.25, 0.3) is 0 Å². The molecule has 1 aromatic carbocycles. The van der Waals surface area contributed by atoms with Gasteiger partial charge in [-0.1, -0.05) is 26.0 Å². The molecule has 1 aromatic rings. The van der Waals surface area contributed by atoms with Crippen molar-refractivity contribution in [3.05, 3.63) is 29.8 Å². The molecule has 0 aromatic heterocycles. The van der Waals surface area contributed by atoms with Crippen LogP contribution in [0.4, 0.5) is 0 Å². The van der Waals surface area contributed by atoms with Gasteiger partial charge in [0.25, 0.3) is 0 Å². The monoisotopic (exact) mass is 291 g/mol. The fourth-order valence-electron chi connectivity index (χ4n) is 1.81. The number of Topliss-reactive ketones (excluding diaryl/α,β-unsaturated/α-hetero) is 1. The van der Waals surface area contributed by atoms with E-state index in [1.54, 1.807) is 0 Å². The van der Waals surface area contributed by atoms with Crippen molar-refractivity contribution < 1.29 is 9.59 Å². The summed E-state index contributed by atoms with van der Waals surface area (Å²) in [5, 5.41) is 2.89. The second-order valence-electron chi connectivity index (χ2n) is 5.65. The molecular formula is C16H21NO2S. The Hall–Kier alpha value is -1.29. The summed E-state index contributed by atoms with van der Waals surface area (Å²) in [5.74, 6) is 1.47. The summed E-state index contributed by atoms with van der Waals surface area (Å²) in [6.45, 7) is 4.86.